The molecule has 2 amide bonds. The molecule has 27 heavy (non-hydrogen) atoms. The number of hydrogen-bond acceptors (Lipinski definition) is 7. The molecule has 0 aliphatic carbocycles. The summed E-state index contributed by atoms with van der Waals surface area (Å²) in [5, 5.41) is 15.4. The van der Waals surface area contributed by atoms with Gasteiger partial charge in [0.15, 0.2) is 5.17 Å². The number of anilines is 1. The molecule has 7 nitrogen and oxygen atoms in total. The number of nitrogens with one attached hydrogen (secondary N) is 2. The Morgan fingerprint density at radius 1 is 1.33 bits per heavy atom. The predicted molar refractivity (Wildman–Crippen MR) is 109 cm³/mol. The van der Waals surface area contributed by atoms with Gasteiger partial charge in [0.25, 0.3) is 0 Å². The van der Waals surface area contributed by atoms with Gasteiger partial charge in [-0.15, -0.1) is 10.2 Å². The summed E-state index contributed by atoms with van der Waals surface area (Å²) in [5.41, 5.74) is 0.989. The molecule has 2 N–H and O–H groups in total. The lowest BCUT2D eigenvalue weighted by atomic mass is 10.0. The monoisotopic (exact) mass is 403 g/mol. The Hall–Kier alpha value is -2.26. The van der Waals surface area contributed by atoms with E-state index in [0.29, 0.717) is 16.7 Å². The molecule has 0 spiro atoms. The molecule has 9 heteroatoms. The summed E-state index contributed by atoms with van der Waals surface area (Å²) in [7, 11) is 0. The van der Waals surface area contributed by atoms with Gasteiger partial charge in [-0.2, -0.15) is 0 Å². The first-order chi connectivity index (χ1) is 13.1. The van der Waals surface area contributed by atoms with Crippen molar-refractivity contribution < 1.29 is 9.59 Å². The fraction of sp³-hybridized carbons (Fsp3) is 0.389. The minimum atomic E-state index is -0.213. The normalized spacial score (nSPS) is 16.6. The van der Waals surface area contributed by atoms with E-state index in [9.17, 15) is 9.59 Å². The molecule has 0 bridgehead atoms. The Balaban J connectivity index is 1.53. The summed E-state index contributed by atoms with van der Waals surface area (Å²) < 4.78 is 0. The molecule has 1 aliphatic heterocycles. The van der Waals surface area contributed by atoms with Crippen LogP contribution in [0.25, 0.3) is 0 Å². The van der Waals surface area contributed by atoms with Crippen LogP contribution in [-0.2, 0) is 16.0 Å². The van der Waals surface area contributed by atoms with Crippen LogP contribution in [0.2, 0.25) is 0 Å². The molecule has 0 saturated heterocycles. The van der Waals surface area contributed by atoms with Crippen molar-refractivity contribution >= 4 is 45.2 Å². The Morgan fingerprint density at radius 2 is 2.15 bits per heavy atom. The van der Waals surface area contributed by atoms with E-state index in [1.807, 2.05) is 30.3 Å². The smallest absolute Gasteiger partial charge is 0.236 e. The number of thioether (sulfide) groups is 1. The van der Waals surface area contributed by atoms with Crippen LogP contribution in [0.4, 0.5) is 5.13 Å². The molecule has 1 unspecified atom stereocenters. The summed E-state index contributed by atoms with van der Waals surface area (Å²) in [6.07, 6.45) is 3.34. The second-order valence-electron chi connectivity index (χ2n) is 6.05. The van der Waals surface area contributed by atoms with E-state index < -0.39 is 0 Å². The molecular weight excluding hydrogens is 382 g/mol. The topological polar surface area (TPSA) is 96.3 Å². The predicted octanol–water partition coefficient (Wildman–Crippen LogP) is 3.17. The van der Waals surface area contributed by atoms with Crippen molar-refractivity contribution in [3.63, 3.8) is 0 Å². The van der Waals surface area contributed by atoms with Gasteiger partial charge in [-0.1, -0.05) is 66.8 Å². The zero-order valence-corrected chi connectivity index (χ0v) is 16.6. The lowest BCUT2D eigenvalue weighted by Crippen LogP contribution is -2.35. The van der Waals surface area contributed by atoms with Gasteiger partial charge in [-0.05, 0) is 12.0 Å². The van der Waals surface area contributed by atoms with Crippen LogP contribution in [0.1, 0.15) is 42.8 Å². The zero-order valence-electron chi connectivity index (χ0n) is 15.0. The standard InChI is InChI=1S/C18H21N5O2S2/c1-2-3-9-16-22-23-18(27-16)21-15(25)11-26-17-19-13(10-14(24)20-17)12-7-5-4-6-8-12/h4-8,13H,2-3,9-11H2,1H3,(H,19,20,24)(H,21,23,25). The minimum Gasteiger partial charge on any atom is -0.305 e. The first kappa shape index (κ1) is 19.5. The van der Waals surface area contributed by atoms with Crippen molar-refractivity contribution in [1.29, 1.82) is 0 Å². The number of unbranched alkanes of at least 4 members (excludes halogenated alkanes) is 1. The third-order valence-electron chi connectivity index (χ3n) is 3.88. The zero-order chi connectivity index (χ0) is 19.1. The fourth-order valence-electron chi connectivity index (χ4n) is 2.53. The molecule has 2 aromatic rings. The number of carbonyl (C=O) groups excluding carboxylic acids is 2. The SMILES string of the molecule is CCCCc1nnc(NC(=O)CSC2=NC(c3ccccc3)CC(=O)N2)s1. The summed E-state index contributed by atoms with van der Waals surface area (Å²) >= 11 is 2.61. The third-order valence-corrected chi connectivity index (χ3v) is 5.67. The van der Waals surface area contributed by atoms with Gasteiger partial charge < -0.3 is 5.32 Å². The number of amidine groups is 1. The van der Waals surface area contributed by atoms with E-state index >= 15 is 0 Å². The Labute approximate surface area is 166 Å². The Morgan fingerprint density at radius 3 is 2.93 bits per heavy atom. The highest BCUT2D eigenvalue weighted by atomic mass is 32.2. The van der Waals surface area contributed by atoms with Crippen LogP contribution in [-0.4, -0.2) is 32.9 Å². The number of carbonyl (C=O) groups is 2. The van der Waals surface area contributed by atoms with E-state index in [1.165, 1.54) is 23.1 Å². The molecular formula is C18H21N5O2S2. The highest BCUT2D eigenvalue weighted by Crippen LogP contribution is 2.25. The van der Waals surface area contributed by atoms with Crippen molar-refractivity contribution in [2.45, 2.75) is 38.6 Å². The van der Waals surface area contributed by atoms with Gasteiger partial charge in [-0.3, -0.25) is 19.9 Å². The van der Waals surface area contributed by atoms with Crippen molar-refractivity contribution in [2.75, 3.05) is 11.1 Å². The van der Waals surface area contributed by atoms with E-state index in [2.05, 4.69) is 32.7 Å². The maximum atomic E-state index is 12.2. The van der Waals surface area contributed by atoms with Crippen molar-refractivity contribution in [1.82, 2.24) is 15.5 Å². The van der Waals surface area contributed by atoms with Crippen LogP contribution < -0.4 is 10.6 Å². The van der Waals surface area contributed by atoms with E-state index in [4.69, 9.17) is 0 Å². The summed E-state index contributed by atoms with van der Waals surface area (Å²) in [6, 6.07) is 9.47. The summed E-state index contributed by atoms with van der Waals surface area (Å²) in [4.78, 5) is 28.7. The molecule has 0 saturated carbocycles. The first-order valence-corrected chi connectivity index (χ1v) is 10.6. The van der Waals surface area contributed by atoms with E-state index in [-0.39, 0.29) is 23.6 Å². The van der Waals surface area contributed by atoms with Crippen LogP contribution in [0.15, 0.2) is 35.3 Å². The van der Waals surface area contributed by atoms with Gasteiger partial charge in [0.2, 0.25) is 16.9 Å². The number of aromatic nitrogens is 2. The first-order valence-electron chi connectivity index (χ1n) is 8.81. The lowest BCUT2D eigenvalue weighted by Gasteiger charge is -2.20. The Kier molecular flexibility index (Phi) is 6.94. The van der Waals surface area contributed by atoms with Crippen LogP contribution in [0.5, 0.6) is 0 Å². The van der Waals surface area contributed by atoms with Gasteiger partial charge in [0.05, 0.1) is 18.2 Å². The number of rotatable bonds is 7. The van der Waals surface area contributed by atoms with Gasteiger partial charge >= 0.3 is 0 Å². The van der Waals surface area contributed by atoms with Crippen molar-refractivity contribution in [3.05, 3.63) is 40.9 Å². The Bertz CT molecular complexity index is 822. The molecule has 1 aliphatic rings. The summed E-state index contributed by atoms with van der Waals surface area (Å²) in [6.45, 7) is 2.12. The maximum Gasteiger partial charge on any atom is 0.236 e. The number of hydrogen-bond donors (Lipinski definition) is 2. The van der Waals surface area contributed by atoms with Crippen LogP contribution in [0.3, 0.4) is 0 Å². The quantitative estimate of drug-likeness (QED) is 0.740. The molecule has 142 valence electrons. The van der Waals surface area contributed by atoms with Crippen LogP contribution >= 0.6 is 23.1 Å². The molecule has 3 rings (SSSR count). The van der Waals surface area contributed by atoms with E-state index in [1.54, 1.807) is 0 Å². The van der Waals surface area contributed by atoms with Gasteiger partial charge in [0, 0.05) is 6.42 Å². The number of benzene rings is 1. The molecule has 1 aromatic carbocycles. The average Bonchev–Trinajstić information content (AvgIpc) is 3.12. The second kappa shape index (κ2) is 9.61. The molecule has 0 fully saturated rings. The molecule has 0 radical (unpaired) electrons. The van der Waals surface area contributed by atoms with Crippen LogP contribution in [0, 0.1) is 0 Å². The minimum absolute atomic E-state index is 0.0912. The van der Waals surface area contributed by atoms with Crippen molar-refractivity contribution in [3.8, 4) is 0 Å². The molecule has 2 heterocycles. The highest BCUT2D eigenvalue weighted by molar-refractivity contribution is 8.14. The highest BCUT2D eigenvalue weighted by Gasteiger charge is 2.23. The van der Waals surface area contributed by atoms with Gasteiger partial charge in [-0.25, -0.2) is 0 Å². The largest absolute Gasteiger partial charge is 0.305 e. The number of aryl methyl sites for hydroxylation is 1. The van der Waals surface area contributed by atoms with E-state index in [0.717, 1.165) is 29.8 Å². The average molecular weight is 404 g/mol. The maximum absolute atomic E-state index is 12.2. The molecule has 1 atom stereocenters. The molecule has 1 aromatic heterocycles. The lowest BCUT2D eigenvalue weighted by molar-refractivity contribution is -0.120. The fourth-order valence-corrected chi connectivity index (χ4v) is 4.05. The number of aliphatic imine (C=N–C) groups is 1. The number of nitrogens with zero attached hydrogens (tertiary/aromatic N) is 3. The summed E-state index contributed by atoms with van der Waals surface area (Å²) in [5.74, 6) is -0.145. The number of amides is 2. The van der Waals surface area contributed by atoms with Crippen molar-refractivity contribution in [2.24, 2.45) is 4.99 Å². The second-order valence-corrected chi connectivity index (χ2v) is 8.08. The van der Waals surface area contributed by atoms with Gasteiger partial charge in [0.1, 0.15) is 5.01 Å². The third kappa shape index (κ3) is 5.86.